The largest absolute Gasteiger partial charge is 0.481 e. The predicted octanol–water partition coefficient (Wildman–Crippen LogP) is 6.48. The van der Waals surface area contributed by atoms with Gasteiger partial charge in [-0.3, -0.25) is 4.79 Å². The van der Waals surface area contributed by atoms with E-state index in [1.165, 1.54) is 6.21 Å². The van der Waals surface area contributed by atoms with E-state index in [0.717, 1.165) is 8.95 Å². The van der Waals surface area contributed by atoms with Crippen molar-refractivity contribution in [1.29, 1.82) is 0 Å². The summed E-state index contributed by atoms with van der Waals surface area (Å²) in [4.78, 5) is 24.5. The van der Waals surface area contributed by atoms with Gasteiger partial charge in [-0.05, 0) is 74.3 Å². The molecule has 1 N–H and O–H groups in total. The zero-order chi connectivity index (χ0) is 23.1. The number of nitrogens with zero attached hydrogens (tertiary/aromatic N) is 1. The zero-order valence-corrected chi connectivity index (χ0v) is 22.5. The Hall–Kier alpha value is -2.01. The highest BCUT2D eigenvalue weighted by atomic mass is 79.9. The molecule has 164 valence electrons. The number of carbonyl (C=O) groups is 2. The average molecular weight is 690 g/mol. The van der Waals surface area contributed by atoms with Crippen molar-refractivity contribution in [3.63, 3.8) is 0 Å². The van der Waals surface area contributed by atoms with Gasteiger partial charge < -0.3 is 9.47 Å². The Kier molecular flexibility index (Phi) is 9.03. The van der Waals surface area contributed by atoms with Gasteiger partial charge in [0.2, 0.25) is 0 Å². The summed E-state index contributed by atoms with van der Waals surface area (Å²) in [5, 5.41) is 3.95. The Morgan fingerprint density at radius 1 is 0.906 bits per heavy atom. The predicted molar refractivity (Wildman–Crippen MR) is 136 cm³/mol. The van der Waals surface area contributed by atoms with Crippen molar-refractivity contribution < 1.29 is 19.1 Å². The van der Waals surface area contributed by atoms with Crippen molar-refractivity contribution in [1.82, 2.24) is 5.43 Å². The van der Waals surface area contributed by atoms with Gasteiger partial charge in [-0.25, -0.2) is 10.2 Å². The first-order valence-electron chi connectivity index (χ1n) is 8.99. The number of nitrogens with one attached hydrogen (secondary N) is 1. The lowest BCUT2D eigenvalue weighted by Crippen LogP contribution is -2.24. The molecule has 0 unspecified atom stereocenters. The maximum atomic E-state index is 12.4. The summed E-state index contributed by atoms with van der Waals surface area (Å²) < 4.78 is 14.0. The van der Waals surface area contributed by atoms with Crippen LogP contribution < -0.4 is 14.9 Å². The van der Waals surface area contributed by atoms with Crippen LogP contribution in [0.1, 0.15) is 15.9 Å². The van der Waals surface area contributed by atoms with E-state index in [1.807, 2.05) is 18.2 Å². The molecule has 0 spiro atoms. The standard InChI is InChI=1S/C22H14Br4N2O4/c23-15-6-7-19(32-22(30)13-4-2-1-3-5-13)14(8-15)11-27-28-20(29)12-31-21-17(25)9-16(24)10-18(21)26/h1-11H,12H2,(H,28,29). The third kappa shape index (κ3) is 6.99. The Labute approximate surface area is 217 Å². The number of ether oxygens (including phenoxy) is 2. The van der Waals surface area contributed by atoms with Crippen LogP contribution in [-0.2, 0) is 4.79 Å². The first-order valence-corrected chi connectivity index (χ1v) is 12.2. The first kappa shape index (κ1) is 24.6. The van der Waals surface area contributed by atoms with E-state index in [2.05, 4.69) is 74.2 Å². The van der Waals surface area contributed by atoms with Gasteiger partial charge in [0.15, 0.2) is 6.61 Å². The highest BCUT2D eigenvalue weighted by Crippen LogP contribution is 2.36. The number of amides is 1. The van der Waals surface area contributed by atoms with Crippen LogP contribution in [0.25, 0.3) is 0 Å². The SMILES string of the molecule is O=C(COc1c(Br)cc(Br)cc1Br)NN=Cc1cc(Br)ccc1OC(=O)c1ccccc1. The molecule has 0 aromatic heterocycles. The fourth-order valence-electron chi connectivity index (χ4n) is 2.46. The van der Waals surface area contributed by atoms with Gasteiger partial charge in [-0.15, -0.1) is 0 Å². The van der Waals surface area contributed by atoms with Crippen molar-refractivity contribution in [2.75, 3.05) is 6.61 Å². The summed E-state index contributed by atoms with van der Waals surface area (Å²) in [6, 6.07) is 17.4. The molecule has 0 saturated heterocycles. The molecule has 6 nitrogen and oxygen atoms in total. The highest BCUT2D eigenvalue weighted by molar-refractivity contribution is 9.11. The molecule has 1 amide bonds. The summed E-state index contributed by atoms with van der Waals surface area (Å²) in [5.41, 5.74) is 3.32. The fraction of sp³-hybridized carbons (Fsp3) is 0.0455. The quantitative estimate of drug-likeness (QED) is 0.133. The van der Waals surface area contributed by atoms with Crippen molar-refractivity contribution in [2.45, 2.75) is 0 Å². The maximum absolute atomic E-state index is 12.4. The van der Waals surface area contributed by atoms with E-state index in [0.29, 0.717) is 31.6 Å². The summed E-state index contributed by atoms with van der Waals surface area (Å²) in [7, 11) is 0. The third-order valence-electron chi connectivity index (χ3n) is 3.89. The monoisotopic (exact) mass is 686 g/mol. The minimum absolute atomic E-state index is 0.246. The second kappa shape index (κ2) is 11.7. The van der Waals surface area contributed by atoms with Crippen LogP contribution in [0.2, 0.25) is 0 Å². The fourth-order valence-corrected chi connectivity index (χ4v) is 5.32. The van der Waals surface area contributed by atoms with Gasteiger partial charge >= 0.3 is 5.97 Å². The molecule has 32 heavy (non-hydrogen) atoms. The van der Waals surface area contributed by atoms with Gasteiger partial charge in [-0.1, -0.05) is 50.1 Å². The number of benzene rings is 3. The molecule has 0 fully saturated rings. The minimum atomic E-state index is -0.495. The Balaban J connectivity index is 1.63. The maximum Gasteiger partial charge on any atom is 0.343 e. The summed E-state index contributed by atoms with van der Waals surface area (Å²) in [6.45, 7) is -0.246. The van der Waals surface area contributed by atoms with Crippen LogP contribution >= 0.6 is 63.7 Å². The van der Waals surface area contributed by atoms with Crippen molar-refractivity contribution in [3.8, 4) is 11.5 Å². The number of hydrogen-bond acceptors (Lipinski definition) is 5. The molecule has 0 atom stereocenters. The summed E-state index contributed by atoms with van der Waals surface area (Å²) in [5.74, 6) is -0.153. The average Bonchev–Trinajstić information content (AvgIpc) is 2.75. The Morgan fingerprint density at radius 3 is 2.28 bits per heavy atom. The van der Waals surface area contributed by atoms with Crippen LogP contribution in [-0.4, -0.2) is 24.7 Å². The lowest BCUT2D eigenvalue weighted by molar-refractivity contribution is -0.123. The molecule has 3 aromatic rings. The highest BCUT2D eigenvalue weighted by Gasteiger charge is 2.12. The summed E-state index contributed by atoms with van der Waals surface area (Å²) >= 11 is 13.5. The van der Waals surface area contributed by atoms with Crippen LogP contribution in [0.3, 0.4) is 0 Å². The van der Waals surface area contributed by atoms with Crippen LogP contribution in [0.5, 0.6) is 11.5 Å². The number of esters is 1. The molecule has 0 radical (unpaired) electrons. The van der Waals surface area contributed by atoms with Gasteiger partial charge in [0.05, 0.1) is 20.7 Å². The van der Waals surface area contributed by atoms with Crippen molar-refractivity contribution in [3.05, 3.63) is 89.7 Å². The third-order valence-corrected chi connectivity index (χ3v) is 6.02. The van der Waals surface area contributed by atoms with E-state index in [1.54, 1.807) is 42.5 Å². The Bertz CT molecular complexity index is 1150. The minimum Gasteiger partial charge on any atom is -0.481 e. The van der Waals surface area contributed by atoms with Crippen LogP contribution in [0.4, 0.5) is 0 Å². The smallest absolute Gasteiger partial charge is 0.343 e. The molecule has 0 aliphatic carbocycles. The molecule has 3 rings (SSSR count). The Morgan fingerprint density at radius 2 is 1.59 bits per heavy atom. The normalized spacial score (nSPS) is 10.8. The molecule has 0 aliphatic heterocycles. The first-order chi connectivity index (χ1) is 15.3. The number of hydrogen-bond donors (Lipinski definition) is 1. The van der Waals surface area contributed by atoms with E-state index >= 15 is 0 Å². The number of hydrazone groups is 1. The topological polar surface area (TPSA) is 77.0 Å². The second-order valence-electron chi connectivity index (χ2n) is 6.22. The van der Waals surface area contributed by atoms with E-state index in [4.69, 9.17) is 9.47 Å². The molecular formula is C22H14Br4N2O4. The molecule has 0 saturated carbocycles. The van der Waals surface area contributed by atoms with E-state index in [9.17, 15) is 9.59 Å². The summed E-state index contributed by atoms with van der Waals surface area (Å²) in [6.07, 6.45) is 1.39. The van der Waals surface area contributed by atoms with Gasteiger partial charge in [-0.2, -0.15) is 5.10 Å². The van der Waals surface area contributed by atoms with Gasteiger partial charge in [0, 0.05) is 14.5 Å². The molecule has 0 heterocycles. The van der Waals surface area contributed by atoms with E-state index in [-0.39, 0.29) is 6.61 Å². The molecule has 0 bridgehead atoms. The van der Waals surface area contributed by atoms with Gasteiger partial charge in [0.1, 0.15) is 11.5 Å². The van der Waals surface area contributed by atoms with Crippen LogP contribution in [0.15, 0.2) is 83.7 Å². The van der Waals surface area contributed by atoms with Crippen LogP contribution in [0, 0.1) is 0 Å². The number of carbonyl (C=O) groups excluding carboxylic acids is 2. The molecule has 0 aliphatic rings. The second-order valence-corrected chi connectivity index (χ2v) is 9.76. The number of rotatable bonds is 7. The lowest BCUT2D eigenvalue weighted by Gasteiger charge is -2.10. The lowest BCUT2D eigenvalue weighted by atomic mass is 10.2. The van der Waals surface area contributed by atoms with E-state index < -0.39 is 11.9 Å². The van der Waals surface area contributed by atoms with Gasteiger partial charge in [0.25, 0.3) is 5.91 Å². The molecule has 10 heteroatoms. The van der Waals surface area contributed by atoms with Crippen molar-refractivity contribution >= 4 is 81.8 Å². The number of halogens is 4. The zero-order valence-electron chi connectivity index (χ0n) is 16.2. The molecular weight excluding hydrogens is 676 g/mol. The van der Waals surface area contributed by atoms with Crippen molar-refractivity contribution in [2.24, 2.45) is 5.10 Å². The molecule has 3 aromatic carbocycles.